The first-order valence-corrected chi connectivity index (χ1v) is 7.29. The Bertz CT molecular complexity index is 550. The first-order chi connectivity index (χ1) is 10.1. The zero-order valence-corrected chi connectivity index (χ0v) is 12.5. The largest absolute Gasteiger partial charge is 0.387 e. The fourth-order valence-electron chi connectivity index (χ4n) is 2.26. The first kappa shape index (κ1) is 15.7. The molecule has 0 heterocycles. The van der Waals surface area contributed by atoms with Crippen LogP contribution in [-0.2, 0) is 6.42 Å². The van der Waals surface area contributed by atoms with Crippen LogP contribution in [0.4, 0.5) is 4.39 Å². The van der Waals surface area contributed by atoms with Crippen molar-refractivity contribution in [3.8, 4) is 0 Å². The number of halogens is 1. The Morgan fingerprint density at radius 2 is 1.67 bits per heavy atom. The van der Waals surface area contributed by atoms with Gasteiger partial charge in [0.15, 0.2) is 0 Å². The van der Waals surface area contributed by atoms with Crippen LogP contribution in [0.15, 0.2) is 48.5 Å². The third-order valence-corrected chi connectivity index (χ3v) is 3.69. The number of hydrogen-bond donors (Lipinski definition) is 2. The van der Waals surface area contributed by atoms with Crippen LogP contribution < -0.4 is 5.32 Å². The summed E-state index contributed by atoms with van der Waals surface area (Å²) in [5, 5.41) is 13.6. The van der Waals surface area contributed by atoms with Gasteiger partial charge in [0.25, 0.3) is 0 Å². The molecule has 0 fully saturated rings. The summed E-state index contributed by atoms with van der Waals surface area (Å²) in [5.74, 6) is -0.213. The SMILES string of the molecule is Cc1ccc(C(O)C(C)NCCc2ccc(F)cc2)cc1. The van der Waals surface area contributed by atoms with E-state index in [0.717, 1.165) is 24.1 Å². The molecule has 2 atom stereocenters. The molecule has 0 amide bonds. The molecule has 2 unspecified atom stereocenters. The Kier molecular flexibility index (Phi) is 5.48. The van der Waals surface area contributed by atoms with E-state index in [2.05, 4.69) is 5.32 Å². The van der Waals surface area contributed by atoms with E-state index in [0.29, 0.717) is 0 Å². The predicted octanol–water partition coefficient (Wildman–Crippen LogP) is 3.39. The zero-order valence-electron chi connectivity index (χ0n) is 12.5. The highest BCUT2D eigenvalue weighted by atomic mass is 19.1. The molecule has 21 heavy (non-hydrogen) atoms. The van der Waals surface area contributed by atoms with Crippen molar-refractivity contribution in [1.82, 2.24) is 5.32 Å². The van der Waals surface area contributed by atoms with Crippen molar-refractivity contribution in [3.63, 3.8) is 0 Å². The number of benzene rings is 2. The van der Waals surface area contributed by atoms with Gasteiger partial charge < -0.3 is 10.4 Å². The lowest BCUT2D eigenvalue weighted by atomic mass is 10.0. The second-order valence-corrected chi connectivity index (χ2v) is 5.47. The summed E-state index contributed by atoms with van der Waals surface area (Å²) in [5.41, 5.74) is 3.19. The van der Waals surface area contributed by atoms with E-state index in [9.17, 15) is 9.50 Å². The molecule has 0 bridgehead atoms. The average Bonchev–Trinajstić information content (AvgIpc) is 2.49. The van der Waals surface area contributed by atoms with Crippen LogP contribution in [0.1, 0.15) is 29.7 Å². The van der Waals surface area contributed by atoms with Crippen LogP contribution in [0.25, 0.3) is 0 Å². The lowest BCUT2D eigenvalue weighted by Gasteiger charge is -2.21. The Morgan fingerprint density at radius 1 is 1.05 bits per heavy atom. The Hall–Kier alpha value is -1.71. The molecule has 0 saturated heterocycles. The topological polar surface area (TPSA) is 32.3 Å². The van der Waals surface area contributed by atoms with E-state index in [1.807, 2.05) is 38.1 Å². The maximum Gasteiger partial charge on any atom is 0.123 e. The van der Waals surface area contributed by atoms with Crippen molar-refractivity contribution >= 4 is 0 Å². The number of aliphatic hydroxyl groups is 1. The number of nitrogens with one attached hydrogen (secondary N) is 1. The van der Waals surface area contributed by atoms with Gasteiger partial charge in [-0.3, -0.25) is 0 Å². The molecule has 2 rings (SSSR count). The number of aryl methyl sites for hydroxylation is 1. The molecule has 0 spiro atoms. The van der Waals surface area contributed by atoms with Gasteiger partial charge in [0.1, 0.15) is 5.82 Å². The smallest absolute Gasteiger partial charge is 0.123 e. The van der Waals surface area contributed by atoms with Gasteiger partial charge in [-0.25, -0.2) is 4.39 Å². The summed E-state index contributed by atoms with van der Waals surface area (Å²) in [6.45, 7) is 4.74. The fraction of sp³-hybridized carbons (Fsp3) is 0.333. The molecule has 0 aliphatic rings. The van der Waals surface area contributed by atoms with Gasteiger partial charge in [0, 0.05) is 6.04 Å². The van der Waals surface area contributed by atoms with Crippen LogP contribution in [0.3, 0.4) is 0 Å². The third-order valence-electron chi connectivity index (χ3n) is 3.69. The van der Waals surface area contributed by atoms with Crippen LogP contribution in [0.5, 0.6) is 0 Å². The number of hydrogen-bond acceptors (Lipinski definition) is 2. The molecular formula is C18H22FNO. The third kappa shape index (κ3) is 4.66. The van der Waals surface area contributed by atoms with Crippen LogP contribution in [0.2, 0.25) is 0 Å². The van der Waals surface area contributed by atoms with E-state index in [-0.39, 0.29) is 11.9 Å². The minimum absolute atomic E-state index is 0.0341. The van der Waals surface area contributed by atoms with Crippen LogP contribution in [0, 0.1) is 12.7 Å². The van der Waals surface area contributed by atoms with Crippen molar-refractivity contribution in [2.45, 2.75) is 32.4 Å². The first-order valence-electron chi connectivity index (χ1n) is 7.29. The molecule has 2 N–H and O–H groups in total. The molecule has 0 saturated carbocycles. The molecule has 0 aliphatic carbocycles. The zero-order chi connectivity index (χ0) is 15.2. The van der Waals surface area contributed by atoms with Crippen molar-refractivity contribution in [1.29, 1.82) is 0 Å². The van der Waals surface area contributed by atoms with Gasteiger partial charge in [-0.2, -0.15) is 0 Å². The molecule has 2 aromatic rings. The van der Waals surface area contributed by atoms with Crippen molar-refractivity contribution in [2.75, 3.05) is 6.54 Å². The molecule has 2 aromatic carbocycles. The molecule has 2 nitrogen and oxygen atoms in total. The molecule has 0 aromatic heterocycles. The quantitative estimate of drug-likeness (QED) is 0.853. The standard InChI is InChI=1S/C18H22FNO/c1-13-3-7-16(8-4-13)18(21)14(2)20-12-11-15-5-9-17(19)10-6-15/h3-10,14,18,20-21H,11-12H2,1-2H3. The second-order valence-electron chi connectivity index (χ2n) is 5.47. The maximum absolute atomic E-state index is 12.8. The Balaban J connectivity index is 1.82. The molecule has 112 valence electrons. The molecular weight excluding hydrogens is 265 g/mol. The highest BCUT2D eigenvalue weighted by Gasteiger charge is 2.15. The highest BCUT2D eigenvalue weighted by molar-refractivity contribution is 5.24. The summed E-state index contributed by atoms with van der Waals surface area (Å²) in [6.07, 6.45) is 0.282. The van der Waals surface area contributed by atoms with E-state index in [1.54, 1.807) is 12.1 Å². The average molecular weight is 287 g/mol. The van der Waals surface area contributed by atoms with Gasteiger partial charge in [-0.1, -0.05) is 42.0 Å². The maximum atomic E-state index is 12.8. The summed E-state index contributed by atoms with van der Waals surface area (Å²) in [4.78, 5) is 0. The van der Waals surface area contributed by atoms with E-state index in [1.165, 1.54) is 17.7 Å². The van der Waals surface area contributed by atoms with Crippen LogP contribution >= 0.6 is 0 Å². The number of aliphatic hydroxyl groups excluding tert-OH is 1. The lowest BCUT2D eigenvalue weighted by molar-refractivity contribution is 0.136. The Morgan fingerprint density at radius 3 is 2.29 bits per heavy atom. The fourth-order valence-corrected chi connectivity index (χ4v) is 2.26. The van der Waals surface area contributed by atoms with Gasteiger partial charge in [-0.15, -0.1) is 0 Å². The van der Waals surface area contributed by atoms with Crippen molar-refractivity contribution in [3.05, 3.63) is 71.0 Å². The minimum atomic E-state index is -0.529. The van der Waals surface area contributed by atoms with Crippen molar-refractivity contribution in [2.24, 2.45) is 0 Å². The van der Waals surface area contributed by atoms with Crippen molar-refractivity contribution < 1.29 is 9.50 Å². The monoisotopic (exact) mass is 287 g/mol. The van der Waals surface area contributed by atoms with Crippen LogP contribution in [-0.4, -0.2) is 17.7 Å². The van der Waals surface area contributed by atoms with E-state index >= 15 is 0 Å². The minimum Gasteiger partial charge on any atom is -0.387 e. The van der Waals surface area contributed by atoms with E-state index in [4.69, 9.17) is 0 Å². The normalized spacial score (nSPS) is 13.9. The molecule has 0 aliphatic heterocycles. The summed E-state index contributed by atoms with van der Waals surface area (Å²) in [6, 6.07) is 14.4. The predicted molar refractivity (Wildman–Crippen MR) is 83.7 cm³/mol. The van der Waals surface area contributed by atoms with Gasteiger partial charge >= 0.3 is 0 Å². The summed E-state index contributed by atoms with van der Waals surface area (Å²) >= 11 is 0. The lowest BCUT2D eigenvalue weighted by Crippen LogP contribution is -2.33. The van der Waals surface area contributed by atoms with E-state index < -0.39 is 6.10 Å². The molecule has 3 heteroatoms. The molecule has 0 radical (unpaired) electrons. The summed E-state index contributed by atoms with van der Waals surface area (Å²) in [7, 11) is 0. The second kappa shape index (κ2) is 7.34. The van der Waals surface area contributed by atoms with Gasteiger partial charge in [0.2, 0.25) is 0 Å². The van der Waals surface area contributed by atoms with Gasteiger partial charge in [-0.05, 0) is 50.1 Å². The Labute approximate surface area is 125 Å². The highest BCUT2D eigenvalue weighted by Crippen LogP contribution is 2.17. The summed E-state index contributed by atoms with van der Waals surface area (Å²) < 4.78 is 12.8. The number of rotatable bonds is 6. The van der Waals surface area contributed by atoms with Gasteiger partial charge in [0.05, 0.1) is 6.10 Å².